The lowest BCUT2D eigenvalue weighted by Crippen LogP contribution is -2.49. The van der Waals surface area contributed by atoms with Crippen LogP contribution in [0, 0.1) is 22.7 Å². The molecule has 1 atom stereocenters. The Kier molecular flexibility index (Phi) is 6.59. The first-order chi connectivity index (χ1) is 16.0. The molecule has 1 N–H and O–H groups in total. The summed E-state index contributed by atoms with van der Waals surface area (Å²) in [4.78, 5) is 14.9. The van der Waals surface area contributed by atoms with E-state index in [-0.39, 0.29) is 30.8 Å². The normalized spacial score (nSPS) is 23.1. The van der Waals surface area contributed by atoms with Gasteiger partial charge in [0.25, 0.3) is 0 Å². The third kappa shape index (κ3) is 4.89. The highest BCUT2D eigenvalue weighted by atomic mass is 32.2. The van der Waals surface area contributed by atoms with E-state index in [0.717, 1.165) is 18.9 Å². The third-order valence-corrected chi connectivity index (χ3v) is 9.25. The summed E-state index contributed by atoms with van der Waals surface area (Å²) in [6.07, 6.45) is -1.30. The summed E-state index contributed by atoms with van der Waals surface area (Å²) < 4.78 is 67.3. The third-order valence-electron chi connectivity index (χ3n) is 7.27. The molecule has 2 heterocycles. The van der Waals surface area contributed by atoms with Gasteiger partial charge < -0.3 is 10.2 Å². The Bertz CT molecular complexity index is 1090. The van der Waals surface area contributed by atoms with Crippen molar-refractivity contribution in [2.24, 2.45) is 11.3 Å². The molecule has 186 valence electrons. The Morgan fingerprint density at radius 3 is 2.50 bits per heavy atom. The van der Waals surface area contributed by atoms with Gasteiger partial charge in [-0.25, -0.2) is 12.7 Å². The van der Waals surface area contributed by atoms with Crippen molar-refractivity contribution in [2.75, 3.05) is 36.8 Å². The summed E-state index contributed by atoms with van der Waals surface area (Å²) in [5, 5.41) is 12.1. The number of sulfonamides is 1. The van der Waals surface area contributed by atoms with E-state index >= 15 is 0 Å². The lowest BCUT2D eigenvalue weighted by Gasteiger charge is -2.43. The van der Waals surface area contributed by atoms with Crippen molar-refractivity contribution in [1.29, 1.82) is 5.26 Å². The van der Waals surface area contributed by atoms with E-state index in [2.05, 4.69) is 5.32 Å². The number of hydrogen-bond donors (Lipinski definition) is 1. The molecule has 1 aromatic rings. The molecular weight excluding hydrogens is 469 g/mol. The van der Waals surface area contributed by atoms with E-state index in [1.165, 1.54) is 16.4 Å². The minimum absolute atomic E-state index is 0.0254. The zero-order valence-corrected chi connectivity index (χ0v) is 19.9. The zero-order valence-electron chi connectivity index (χ0n) is 19.1. The number of carbonyl (C=O) groups excluding carboxylic acids is 1. The van der Waals surface area contributed by atoms with Crippen LogP contribution in [0.5, 0.6) is 0 Å². The minimum Gasteiger partial charge on any atom is -0.371 e. The Hall–Kier alpha value is -2.32. The molecule has 1 amide bonds. The number of nitriles is 1. The van der Waals surface area contributed by atoms with Crippen LogP contribution in [0.3, 0.4) is 0 Å². The standard InChI is InChI=1S/C23H29F3N4O3S/c1-2-11-34(32,33)30-14-20(21(31)28-17-4-5-17)22(15-30)7-9-29(10-8-22)18-6-3-16(13-27)19(12-18)23(24,25)26/h3,6,12,17,20H,2,4-5,7-11,14-15H2,1H3,(H,28,31). The number of alkyl halides is 3. The van der Waals surface area contributed by atoms with Gasteiger partial charge in [0.2, 0.25) is 15.9 Å². The van der Waals surface area contributed by atoms with E-state index in [4.69, 9.17) is 5.26 Å². The second kappa shape index (κ2) is 9.04. The summed E-state index contributed by atoms with van der Waals surface area (Å²) in [5.74, 6) is -0.575. The molecule has 4 rings (SSSR count). The first-order valence-electron chi connectivity index (χ1n) is 11.6. The summed E-state index contributed by atoms with van der Waals surface area (Å²) in [7, 11) is -3.48. The molecule has 1 unspecified atom stereocenters. The summed E-state index contributed by atoms with van der Waals surface area (Å²) >= 11 is 0. The highest BCUT2D eigenvalue weighted by Crippen LogP contribution is 2.47. The predicted octanol–water partition coefficient (Wildman–Crippen LogP) is 3.11. The molecule has 11 heteroatoms. The summed E-state index contributed by atoms with van der Waals surface area (Å²) in [6, 6.07) is 5.45. The topological polar surface area (TPSA) is 93.5 Å². The van der Waals surface area contributed by atoms with Crippen LogP contribution in [0.15, 0.2) is 18.2 Å². The van der Waals surface area contributed by atoms with Crippen molar-refractivity contribution in [3.63, 3.8) is 0 Å². The fourth-order valence-corrected chi connectivity index (χ4v) is 6.79. The van der Waals surface area contributed by atoms with Gasteiger partial charge in [0.1, 0.15) is 0 Å². The van der Waals surface area contributed by atoms with Crippen LogP contribution in [-0.4, -0.2) is 56.6 Å². The number of rotatable bonds is 6. The predicted molar refractivity (Wildman–Crippen MR) is 120 cm³/mol. The van der Waals surface area contributed by atoms with Crippen molar-refractivity contribution in [3.8, 4) is 6.07 Å². The quantitative estimate of drug-likeness (QED) is 0.651. The largest absolute Gasteiger partial charge is 0.417 e. The van der Waals surface area contributed by atoms with Gasteiger partial charge in [-0.05, 0) is 50.3 Å². The van der Waals surface area contributed by atoms with Crippen molar-refractivity contribution in [3.05, 3.63) is 29.3 Å². The Morgan fingerprint density at radius 1 is 1.26 bits per heavy atom. The Balaban J connectivity index is 1.55. The highest BCUT2D eigenvalue weighted by molar-refractivity contribution is 7.89. The van der Waals surface area contributed by atoms with Gasteiger partial charge in [-0.1, -0.05) is 6.92 Å². The molecule has 34 heavy (non-hydrogen) atoms. The van der Waals surface area contributed by atoms with Crippen molar-refractivity contribution >= 4 is 21.6 Å². The van der Waals surface area contributed by atoms with Gasteiger partial charge in [-0.2, -0.15) is 18.4 Å². The molecule has 2 saturated heterocycles. The number of benzene rings is 1. The maximum absolute atomic E-state index is 13.4. The molecule has 1 spiro atoms. The molecule has 2 aliphatic heterocycles. The van der Waals surface area contributed by atoms with Crippen LogP contribution in [0.4, 0.5) is 18.9 Å². The number of nitrogens with zero attached hydrogens (tertiary/aromatic N) is 3. The van der Waals surface area contributed by atoms with E-state index in [9.17, 15) is 26.4 Å². The van der Waals surface area contributed by atoms with Crippen LogP contribution in [0.25, 0.3) is 0 Å². The maximum Gasteiger partial charge on any atom is 0.417 e. The lowest BCUT2D eigenvalue weighted by atomic mass is 9.70. The molecule has 0 bridgehead atoms. The molecule has 3 aliphatic rings. The number of hydrogen-bond acceptors (Lipinski definition) is 5. The van der Waals surface area contributed by atoms with Crippen LogP contribution in [0.1, 0.15) is 50.2 Å². The van der Waals surface area contributed by atoms with Gasteiger partial charge >= 0.3 is 6.18 Å². The molecule has 3 fully saturated rings. The van der Waals surface area contributed by atoms with Gasteiger partial charge in [0.15, 0.2) is 0 Å². The second-order valence-electron chi connectivity index (χ2n) is 9.63. The van der Waals surface area contributed by atoms with E-state index in [1.54, 1.807) is 13.0 Å². The molecule has 1 saturated carbocycles. The van der Waals surface area contributed by atoms with Crippen LogP contribution < -0.4 is 10.2 Å². The lowest BCUT2D eigenvalue weighted by molar-refractivity contribution is -0.137. The average Bonchev–Trinajstić information content (AvgIpc) is 3.51. The smallest absolute Gasteiger partial charge is 0.371 e. The number of carbonyl (C=O) groups is 1. The first-order valence-corrected chi connectivity index (χ1v) is 13.2. The monoisotopic (exact) mass is 498 g/mol. The Labute approximate surface area is 197 Å². The molecule has 7 nitrogen and oxygen atoms in total. The van der Waals surface area contributed by atoms with Crippen LogP contribution in [0.2, 0.25) is 0 Å². The number of amides is 1. The van der Waals surface area contributed by atoms with Crippen LogP contribution in [-0.2, 0) is 21.0 Å². The second-order valence-corrected chi connectivity index (χ2v) is 11.7. The number of anilines is 1. The SMILES string of the molecule is CCCS(=O)(=O)N1CC(C(=O)NC2CC2)C2(CCN(c3ccc(C#N)c(C(F)(F)F)c3)CC2)C1. The highest BCUT2D eigenvalue weighted by Gasteiger charge is 2.54. The zero-order chi connectivity index (χ0) is 24.7. The summed E-state index contributed by atoms with van der Waals surface area (Å²) in [5.41, 5.74) is -1.56. The number of halogens is 3. The van der Waals surface area contributed by atoms with Gasteiger partial charge in [0.05, 0.1) is 28.9 Å². The van der Waals surface area contributed by atoms with Gasteiger partial charge in [-0.3, -0.25) is 4.79 Å². The minimum atomic E-state index is -4.64. The number of piperidine rings is 1. The van der Waals surface area contributed by atoms with Gasteiger partial charge in [0, 0.05) is 43.3 Å². The molecule has 1 aliphatic carbocycles. The molecule has 1 aromatic carbocycles. The van der Waals surface area contributed by atoms with Crippen molar-refractivity contribution < 1.29 is 26.4 Å². The fourth-order valence-electron chi connectivity index (χ4n) is 5.19. The van der Waals surface area contributed by atoms with Crippen molar-refractivity contribution in [1.82, 2.24) is 9.62 Å². The van der Waals surface area contributed by atoms with Gasteiger partial charge in [-0.15, -0.1) is 0 Å². The molecule has 0 aromatic heterocycles. The first kappa shape index (κ1) is 24.8. The van der Waals surface area contributed by atoms with E-state index in [1.807, 2.05) is 4.90 Å². The fraction of sp³-hybridized carbons (Fsp3) is 0.652. The molecular formula is C23H29F3N4O3S. The number of nitrogens with one attached hydrogen (secondary N) is 1. The van der Waals surface area contributed by atoms with Crippen molar-refractivity contribution in [2.45, 2.75) is 51.2 Å². The Morgan fingerprint density at radius 2 is 1.94 bits per heavy atom. The molecule has 0 radical (unpaired) electrons. The maximum atomic E-state index is 13.4. The average molecular weight is 499 g/mol. The van der Waals surface area contributed by atoms with E-state index < -0.39 is 38.7 Å². The summed E-state index contributed by atoms with van der Waals surface area (Å²) in [6.45, 7) is 3.01. The van der Waals surface area contributed by atoms with Crippen LogP contribution >= 0.6 is 0 Å². The van der Waals surface area contributed by atoms with E-state index in [0.29, 0.717) is 38.0 Å².